The molecule has 0 N–H and O–H groups in total. The van der Waals surface area contributed by atoms with Crippen molar-refractivity contribution in [3.63, 3.8) is 0 Å². The maximum absolute atomic E-state index is 12.7. The zero-order chi connectivity index (χ0) is 15.7. The number of likely N-dealkylation sites (tertiary alicyclic amines) is 2. The maximum atomic E-state index is 12.7. The summed E-state index contributed by atoms with van der Waals surface area (Å²) in [5.74, 6) is 0.139. The summed E-state index contributed by atoms with van der Waals surface area (Å²) in [6.07, 6.45) is 8.12. The molecule has 1 amide bonds. The molecule has 2 atom stereocenters. The Morgan fingerprint density at radius 3 is 3.04 bits per heavy atom. The van der Waals surface area contributed by atoms with Crippen LogP contribution >= 0.6 is 0 Å². The molecular formula is C18H25N3O2. The van der Waals surface area contributed by atoms with Gasteiger partial charge in [-0.3, -0.25) is 14.7 Å². The highest BCUT2D eigenvalue weighted by Crippen LogP contribution is 2.40. The lowest BCUT2D eigenvalue weighted by Crippen LogP contribution is -2.48. The molecule has 3 saturated heterocycles. The summed E-state index contributed by atoms with van der Waals surface area (Å²) < 4.78 is 5.55. The van der Waals surface area contributed by atoms with Gasteiger partial charge in [0.1, 0.15) is 0 Å². The van der Waals surface area contributed by atoms with E-state index in [0.29, 0.717) is 17.0 Å². The van der Waals surface area contributed by atoms with E-state index in [9.17, 15) is 4.79 Å². The van der Waals surface area contributed by atoms with E-state index in [1.54, 1.807) is 12.4 Å². The van der Waals surface area contributed by atoms with Gasteiger partial charge in [-0.2, -0.15) is 0 Å². The second-order valence-electron chi connectivity index (χ2n) is 7.31. The Balaban J connectivity index is 1.44. The number of ether oxygens (including phenoxy) is 1. The summed E-state index contributed by atoms with van der Waals surface area (Å²) >= 11 is 0. The molecule has 5 nitrogen and oxygen atoms in total. The molecule has 4 heterocycles. The first-order valence-corrected chi connectivity index (χ1v) is 8.77. The topological polar surface area (TPSA) is 45.7 Å². The minimum atomic E-state index is 0.139. The Kier molecular flexibility index (Phi) is 4.07. The van der Waals surface area contributed by atoms with Gasteiger partial charge in [-0.1, -0.05) is 0 Å². The summed E-state index contributed by atoms with van der Waals surface area (Å²) in [5.41, 5.74) is 1.00. The minimum absolute atomic E-state index is 0.139. The molecule has 1 aromatic rings. The van der Waals surface area contributed by atoms with Crippen LogP contribution in [0.2, 0.25) is 0 Å². The van der Waals surface area contributed by atoms with Gasteiger partial charge in [0.05, 0.1) is 12.2 Å². The van der Waals surface area contributed by atoms with E-state index in [1.807, 2.05) is 12.1 Å². The average molecular weight is 315 g/mol. The highest BCUT2D eigenvalue weighted by molar-refractivity contribution is 5.94. The van der Waals surface area contributed by atoms with Crippen LogP contribution in [0.4, 0.5) is 0 Å². The Morgan fingerprint density at radius 2 is 2.26 bits per heavy atom. The van der Waals surface area contributed by atoms with E-state index in [4.69, 9.17) is 4.74 Å². The number of amides is 1. The molecule has 0 aromatic carbocycles. The van der Waals surface area contributed by atoms with Gasteiger partial charge in [0.2, 0.25) is 0 Å². The van der Waals surface area contributed by atoms with Crippen molar-refractivity contribution in [1.29, 1.82) is 0 Å². The quantitative estimate of drug-likeness (QED) is 0.835. The number of nitrogens with zero attached hydrogens (tertiary/aromatic N) is 3. The summed E-state index contributed by atoms with van der Waals surface area (Å²) in [6.45, 7) is 5.84. The third-order valence-electron chi connectivity index (χ3n) is 5.75. The Morgan fingerprint density at radius 1 is 1.30 bits per heavy atom. The zero-order valence-corrected chi connectivity index (χ0v) is 13.6. The van der Waals surface area contributed by atoms with Crippen molar-refractivity contribution in [2.75, 3.05) is 39.4 Å². The average Bonchev–Trinajstić information content (AvgIpc) is 3.25. The normalized spacial score (nSPS) is 31.8. The van der Waals surface area contributed by atoms with Gasteiger partial charge in [-0.05, 0) is 44.4 Å². The molecule has 0 bridgehead atoms. The zero-order valence-electron chi connectivity index (χ0n) is 13.6. The molecule has 23 heavy (non-hydrogen) atoms. The van der Waals surface area contributed by atoms with Crippen LogP contribution in [0.3, 0.4) is 0 Å². The van der Waals surface area contributed by atoms with E-state index >= 15 is 0 Å². The Labute approximate surface area is 137 Å². The molecule has 2 unspecified atom stereocenters. The predicted octanol–water partition coefficient (Wildman–Crippen LogP) is 1.80. The highest BCUT2D eigenvalue weighted by atomic mass is 16.5. The fourth-order valence-electron chi connectivity index (χ4n) is 4.48. The lowest BCUT2D eigenvalue weighted by molar-refractivity contribution is 0.0510. The van der Waals surface area contributed by atoms with Crippen molar-refractivity contribution in [2.45, 2.75) is 31.7 Å². The Bertz CT molecular complexity index is 559. The van der Waals surface area contributed by atoms with Crippen molar-refractivity contribution in [1.82, 2.24) is 14.8 Å². The van der Waals surface area contributed by atoms with Gasteiger partial charge >= 0.3 is 0 Å². The van der Waals surface area contributed by atoms with Crippen molar-refractivity contribution in [3.05, 3.63) is 30.1 Å². The smallest absolute Gasteiger partial charge is 0.255 e. The molecule has 124 valence electrons. The molecule has 3 aliphatic heterocycles. The van der Waals surface area contributed by atoms with Crippen LogP contribution in [0.5, 0.6) is 0 Å². The highest BCUT2D eigenvalue weighted by Gasteiger charge is 2.44. The second-order valence-corrected chi connectivity index (χ2v) is 7.31. The molecule has 4 rings (SSSR count). The van der Waals surface area contributed by atoms with E-state index in [0.717, 1.165) is 52.2 Å². The van der Waals surface area contributed by atoms with E-state index in [-0.39, 0.29) is 5.91 Å². The van der Waals surface area contributed by atoms with Gasteiger partial charge < -0.3 is 9.64 Å². The van der Waals surface area contributed by atoms with E-state index in [1.165, 1.54) is 12.8 Å². The predicted molar refractivity (Wildman–Crippen MR) is 87.2 cm³/mol. The summed E-state index contributed by atoms with van der Waals surface area (Å²) in [6, 6.07) is 4.30. The molecule has 3 fully saturated rings. The first-order valence-electron chi connectivity index (χ1n) is 8.77. The minimum Gasteiger partial charge on any atom is -0.380 e. The standard InChI is InChI=1S/C18H25N3O2/c22-17(15-3-1-7-19-11-15)21-8-2-5-18(14-21)6-9-20(13-18)16-4-10-23-12-16/h1,3,7,11,16H,2,4-6,8-10,12-14H2. The SMILES string of the molecule is O=C(c1cccnc1)N1CCCC2(CCN(C3CCOC3)C2)C1. The molecular weight excluding hydrogens is 290 g/mol. The third kappa shape index (κ3) is 3.00. The van der Waals surface area contributed by atoms with Crippen molar-refractivity contribution >= 4 is 5.91 Å². The first-order chi connectivity index (χ1) is 11.3. The number of rotatable bonds is 2. The van der Waals surface area contributed by atoms with Crippen LogP contribution in [-0.2, 0) is 4.74 Å². The third-order valence-corrected chi connectivity index (χ3v) is 5.75. The number of aromatic nitrogens is 1. The number of carbonyl (C=O) groups excluding carboxylic acids is 1. The molecule has 0 aliphatic carbocycles. The lowest BCUT2D eigenvalue weighted by Gasteiger charge is -2.41. The molecule has 1 aromatic heterocycles. The summed E-state index contributed by atoms with van der Waals surface area (Å²) in [5, 5.41) is 0. The maximum Gasteiger partial charge on any atom is 0.255 e. The largest absolute Gasteiger partial charge is 0.380 e. The van der Waals surface area contributed by atoms with Gasteiger partial charge in [-0.25, -0.2) is 0 Å². The van der Waals surface area contributed by atoms with Crippen LogP contribution in [0.25, 0.3) is 0 Å². The lowest BCUT2D eigenvalue weighted by atomic mass is 9.79. The van der Waals surface area contributed by atoms with Crippen molar-refractivity contribution in [2.24, 2.45) is 5.41 Å². The van der Waals surface area contributed by atoms with Gasteiger partial charge in [0.15, 0.2) is 0 Å². The molecule has 0 radical (unpaired) electrons. The monoisotopic (exact) mass is 315 g/mol. The molecule has 1 spiro atoms. The van der Waals surface area contributed by atoms with Gasteiger partial charge in [-0.15, -0.1) is 0 Å². The number of hydrogen-bond acceptors (Lipinski definition) is 4. The van der Waals surface area contributed by atoms with E-state index < -0.39 is 0 Å². The first kappa shape index (κ1) is 15.1. The number of hydrogen-bond donors (Lipinski definition) is 0. The summed E-state index contributed by atoms with van der Waals surface area (Å²) in [4.78, 5) is 21.5. The van der Waals surface area contributed by atoms with Gasteiger partial charge in [0, 0.05) is 50.1 Å². The van der Waals surface area contributed by atoms with Crippen LogP contribution in [0.15, 0.2) is 24.5 Å². The molecule has 0 saturated carbocycles. The second kappa shape index (κ2) is 6.21. The van der Waals surface area contributed by atoms with Crippen LogP contribution in [0.1, 0.15) is 36.0 Å². The van der Waals surface area contributed by atoms with E-state index in [2.05, 4.69) is 14.8 Å². The van der Waals surface area contributed by atoms with Crippen LogP contribution < -0.4 is 0 Å². The molecule has 5 heteroatoms. The van der Waals surface area contributed by atoms with Crippen molar-refractivity contribution < 1.29 is 9.53 Å². The van der Waals surface area contributed by atoms with Gasteiger partial charge in [0.25, 0.3) is 5.91 Å². The van der Waals surface area contributed by atoms with Crippen molar-refractivity contribution in [3.8, 4) is 0 Å². The van der Waals surface area contributed by atoms with Crippen LogP contribution in [0, 0.1) is 5.41 Å². The number of pyridine rings is 1. The molecule has 3 aliphatic rings. The summed E-state index contributed by atoms with van der Waals surface area (Å²) in [7, 11) is 0. The number of carbonyl (C=O) groups is 1. The Hall–Kier alpha value is -1.46. The fourth-order valence-corrected chi connectivity index (χ4v) is 4.48. The van der Waals surface area contributed by atoms with Crippen LogP contribution in [-0.4, -0.2) is 66.1 Å². The number of piperidine rings is 1. The fraction of sp³-hybridized carbons (Fsp3) is 0.667.